The van der Waals surface area contributed by atoms with Crippen LogP contribution in [-0.4, -0.2) is 29.1 Å². The highest BCUT2D eigenvalue weighted by Crippen LogP contribution is 2.26. The summed E-state index contributed by atoms with van der Waals surface area (Å²) in [6, 6.07) is 3.33. The quantitative estimate of drug-likeness (QED) is 0.540. The van der Waals surface area contributed by atoms with E-state index in [1.807, 2.05) is 6.92 Å². The van der Waals surface area contributed by atoms with Crippen LogP contribution in [0.1, 0.15) is 40.0 Å². The van der Waals surface area contributed by atoms with Gasteiger partial charge in [-0.05, 0) is 12.5 Å². The molecule has 0 unspecified atom stereocenters. The molecule has 2 aromatic heterocycles. The van der Waals surface area contributed by atoms with Gasteiger partial charge in [-0.15, -0.1) is 0 Å². The van der Waals surface area contributed by atoms with Crippen LogP contribution >= 0.6 is 0 Å². The number of aromatic nitrogens is 1. The predicted octanol–water partition coefficient (Wildman–Crippen LogP) is 2.07. The number of pyridine rings is 1. The smallest absolute Gasteiger partial charge is 0.371 e. The second-order valence-electron chi connectivity index (χ2n) is 5.72. The molecule has 2 heterocycles. The van der Waals surface area contributed by atoms with Crippen molar-refractivity contribution in [2.75, 3.05) is 7.11 Å². The van der Waals surface area contributed by atoms with Crippen LogP contribution in [0, 0.1) is 0 Å². The van der Waals surface area contributed by atoms with Gasteiger partial charge in [-0.2, -0.15) is 0 Å². The van der Waals surface area contributed by atoms with E-state index in [1.165, 1.54) is 13.2 Å². The highest BCUT2D eigenvalue weighted by atomic mass is 16.5. The van der Waals surface area contributed by atoms with E-state index in [2.05, 4.69) is 9.72 Å². The van der Waals surface area contributed by atoms with Gasteiger partial charge in [0.25, 0.3) is 0 Å². The minimum Gasteiger partial charge on any atom is -0.475 e. The Labute approximate surface area is 146 Å². The van der Waals surface area contributed by atoms with E-state index in [0.29, 0.717) is 23.9 Å². The number of hydrogen-bond acceptors (Lipinski definition) is 6. The summed E-state index contributed by atoms with van der Waals surface area (Å²) in [5, 5.41) is 9.47. The predicted molar refractivity (Wildman–Crippen MR) is 92.9 cm³/mol. The van der Waals surface area contributed by atoms with Gasteiger partial charge in [0.1, 0.15) is 11.3 Å². The van der Waals surface area contributed by atoms with Crippen molar-refractivity contribution in [2.24, 2.45) is 0 Å². The van der Waals surface area contributed by atoms with Crippen molar-refractivity contribution in [3.05, 3.63) is 55.7 Å². The molecular weight excluding hydrogens is 342 g/mol. The highest BCUT2D eigenvalue weighted by Gasteiger charge is 2.19. The Kier molecular flexibility index (Phi) is 4.33. The van der Waals surface area contributed by atoms with Crippen molar-refractivity contribution in [3.8, 4) is 0 Å². The topological polar surface area (TPSA) is 127 Å². The molecule has 3 rings (SSSR count). The van der Waals surface area contributed by atoms with E-state index in [9.17, 15) is 19.2 Å². The van der Waals surface area contributed by atoms with Crippen LogP contribution in [0.3, 0.4) is 0 Å². The molecule has 26 heavy (non-hydrogen) atoms. The summed E-state index contributed by atoms with van der Waals surface area (Å²) in [4.78, 5) is 50.6. The first-order valence-electron chi connectivity index (χ1n) is 7.85. The average Bonchev–Trinajstić information content (AvgIpc) is 2.61. The number of carbonyl (C=O) groups is 2. The molecule has 3 aromatic rings. The van der Waals surface area contributed by atoms with Gasteiger partial charge in [0.2, 0.25) is 5.76 Å². The van der Waals surface area contributed by atoms with E-state index < -0.39 is 28.6 Å². The maximum absolute atomic E-state index is 12.5. The first-order valence-corrected chi connectivity index (χ1v) is 7.85. The van der Waals surface area contributed by atoms with Crippen molar-refractivity contribution in [1.82, 2.24) is 4.98 Å². The third-order valence-electron chi connectivity index (χ3n) is 4.03. The molecule has 0 radical (unpaired) electrons. The maximum Gasteiger partial charge on any atom is 0.371 e. The van der Waals surface area contributed by atoms with Crippen molar-refractivity contribution in [3.63, 3.8) is 0 Å². The second kappa shape index (κ2) is 6.47. The summed E-state index contributed by atoms with van der Waals surface area (Å²) in [6.07, 6.45) is 1.04. The number of carbonyl (C=O) groups excluding carboxylic acids is 1. The summed E-state index contributed by atoms with van der Waals surface area (Å²) >= 11 is 0. The summed E-state index contributed by atoms with van der Waals surface area (Å²) < 4.78 is 10.1. The minimum absolute atomic E-state index is 0.0431. The number of ether oxygens (including phenoxy) is 1. The molecule has 0 aliphatic rings. The van der Waals surface area contributed by atoms with Gasteiger partial charge in [0, 0.05) is 23.1 Å². The number of methoxy groups -OCH3 is 1. The van der Waals surface area contributed by atoms with Gasteiger partial charge in [-0.25, -0.2) is 9.59 Å². The Bertz CT molecular complexity index is 1170. The number of benzene rings is 1. The molecule has 2 N–H and O–H groups in total. The lowest BCUT2D eigenvalue weighted by Crippen LogP contribution is -2.14. The van der Waals surface area contributed by atoms with Gasteiger partial charge < -0.3 is 19.2 Å². The molecule has 0 aliphatic heterocycles. The Morgan fingerprint density at radius 1 is 1.15 bits per heavy atom. The monoisotopic (exact) mass is 357 g/mol. The lowest BCUT2D eigenvalue weighted by molar-refractivity contribution is 0.0593. The third-order valence-corrected chi connectivity index (χ3v) is 4.03. The number of fused-ring (bicyclic) bond motifs is 2. The van der Waals surface area contributed by atoms with Crippen LogP contribution in [0.25, 0.3) is 21.9 Å². The fourth-order valence-corrected chi connectivity index (χ4v) is 2.89. The van der Waals surface area contributed by atoms with Crippen molar-refractivity contribution < 1.29 is 23.8 Å². The van der Waals surface area contributed by atoms with Gasteiger partial charge >= 0.3 is 11.9 Å². The van der Waals surface area contributed by atoms with E-state index in [1.54, 1.807) is 0 Å². The largest absolute Gasteiger partial charge is 0.475 e. The molecule has 1 aromatic carbocycles. The number of esters is 1. The summed E-state index contributed by atoms with van der Waals surface area (Å²) in [7, 11) is 1.19. The lowest BCUT2D eigenvalue weighted by Gasteiger charge is -2.11. The average molecular weight is 357 g/mol. The lowest BCUT2D eigenvalue weighted by atomic mass is 10.0. The van der Waals surface area contributed by atoms with Crippen molar-refractivity contribution >= 4 is 33.8 Å². The fourth-order valence-electron chi connectivity index (χ4n) is 2.89. The number of hydrogen-bond donors (Lipinski definition) is 2. The Morgan fingerprint density at radius 3 is 2.46 bits per heavy atom. The SMILES string of the molecule is CCCc1c2[nH]c(C(=O)OC)cc(=O)c2cc2c(=O)cc(C(=O)O)oc12. The molecule has 8 nitrogen and oxygen atoms in total. The number of aromatic amines is 1. The fraction of sp³-hybridized carbons (Fsp3) is 0.222. The Morgan fingerprint density at radius 2 is 1.85 bits per heavy atom. The molecule has 0 saturated heterocycles. The van der Waals surface area contributed by atoms with Gasteiger partial charge in [0.05, 0.1) is 18.0 Å². The molecule has 134 valence electrons. The highest BCUT2D eigenvalue weighted by molar-refractivity contribution is 6.00. The van der Waals surface area contributed by atoms with E-state index in [4.69, 9.17) is 9.52 Å². The second-order valence-corrected chi connectivity index (χ2v) is 5.72. The van der Waals surface area contributed by atoms with Crippen LogP contribution in [-0.2, 0) is 11.2 Å². The van der Waals surface area contributed by atoms with Crippen LogP contribution in [0.4, 0.5) is 0 Å². The van der Waals surface area contributed by atoms with Gasteiger partial charge in [0.15, 0.2) is 10.9 Å². The standard InChI is InChI=1S/C18H15NO7/c1-3-4-8-15-9(12(20)6-11(19-15)18(24)25-2)5-10-13(21)7-14(17(22)23)26-16(8)10/h5-7H,3-4H2,1-2H3,(H,19,20)(H,22,23). The number of carboxylic acid groups (broad SMARTS) is 1. The van der Waals surface area contributed by atoms with Crippen LogP contribution in [0.15, 0.2) is 32.2 Å². The van der Waals surface area contributed by atoms with E-state index in [-0.39, 0.29) is 22.0 Å². The molecular formula is C18H15NO7. The number of aryl methyl sites for hydroxylation is 1. The molecule has 0 aliphatic carbocycles. The minimum atomic E-state index is -1.37. The summed E-state index contributed by atoms with van der Waals surface area (Å²) in [5.74, 6) is -2.58. The number of carboxylic acids is 1. The normalized spacial score (nSPS) is 11.0. The Hall–Kier alpha value is -3.42. The molecule has 0 amide bonds. The maximum atomic E-state index is 12.5. The first kappa shape index (κ1) is 17.4. The first-order chi connectivity index (χ1) is 12.4. The summed E-state index contributed by atoms with van der Waals surface area (Å²) in [6.45, 7) is 1.88. The summed E-state index contributed by atoms with van der Waals surface area (Å²) in [5.41, 5.74) is -0.194. The van der Waals surface area contributed by atoms with Crippen LogP contribution in [0.5, 0.6) is 0 Å². The van der Waals surface area contributed by atoms with E-state index >= 15 is 0 Å². The van der Waals surface area contributed by atoms with Crippen molar-refractivity contribution in [2.45, 2.75) is 19.8 Å². The molecule has 0 saturated carbocycles. The zero-order valence-electron chi connectivity index (χ0n) is 14.0. The number of rotatable bonds is 4. The molecule has 0 fully saturated rings. The van der Waals surface area contributed by atoms with Crippen molar-refractivity contribution in [1.29, 1.82) is 0 Å². The molecule has 8 heteroatoms. The molecule has 0 atom stereocenters. The third kappa shape index (κ3) is 2.75. The van der Waals surface area contributed by atoms with Gasteiger partial charge in [-0.1, -0.05) is 13.3 Å². The number of aromatic carboxylic acids is 1. The van der Waals surface area contributed by atoms with Crippen LogP contribution < -0.4 is 10.9 Å². The van der Waals surface area contributed by atoms with E-state index in [0.717, 1.165) is 12.1 Å². The zero-order chi connectivity index (χ0) is 19.0. The zero-order valence-corrected chi connectivity index (χ0v) is 14.0. The molecule has 0 bridgehead atoms. The Balaban J connectivity index is 2.53. The number of nitrogens with one attached hydrogen (secondary N) is 1. The van der Waals surface area contributed by atoms with Gasteiger partial charge in [-0.3, -0.25) is 9.59 Å². The molecule has 0 spiro atoms. The van der Waals surface area contributed by atoms with Crippen LogP contribution in [0.2, 0.25) is 0 Å². The number of H-pyrrole nitrogens is 1.